The van der Waals surface area contributed by atoms with Crippen LogP contribution in [-0.4, -0.2) is 29.5 Å². The van der Waals surface area contributed by atoms with Crippen LogP contribution in [0, 0.1) is 0 Å². The van der Waals surface area contributed by atoms with E-state index in [9.17, 15) is 4.79 Å². The average Bonchev–Trinajstić information content (AvgIpc) is 2.94. The second-order valence-electron chi connectivity index (χ2n) is 4.62. The van der Waals surface area contributed by atoms with Crippen molar-refractivity contribution >= 4 is 34.8 Å². The molecule has 13 heteroatoms. The van der Waals surface area contributed by atoms with Crippen LogP contribution in [0.1, 0.15) is 0 Å². The van der Waals surface area contributed by atoms with Gasteiger partial charge >= 0.3 is 0 Å². The van der Waals surface area contributed by atoms with Gasteiger partial charge in [-0.1, -0.05) is 0 Å². The predicted molar refractivity (Wildman–Crippen MR) is 85.6 cm³/mol. The third-order valence-corrected chi connectivity index (χ3v) is 3.07. The fourth-order valence-corrected chi connectivity index (χ4v) is 1.99. The largest absolute Gasteiger partial charge is 0.393 e. The van der Waals surface area contributed by atoms with Crippen molar-refractivity contribution in [2.24, 2.45) is 0 Å². The molecule has 23 heavy (non-hydrogen) atoms. The maximum absolute atomic E-state index is 11.9. The van der Waals surface area contributed by atoms with Crippen LogP contribution in [0.3, 0.4) is 0 Å². The van der Waals surface area contributed by atoms with Crippen LogP contribution >= 0.6 is 0 Å². The van der Waals surface area contributed by atoms with Crippen LogP contribution in [0.5, 0.6) is 0 Å². The van der Waals surface area contributed by atoms with Gasteiger partial charge in [0, 0.05) is 6.07 Å². The van der Waals surface area contributed by atoms with Gasteiger partial charge in [-0.3, -0.25) is 9.89 Å². The van der Waals surface area contributed by atoms with Crippen molar-refractivity contribution in [2.45, 2.75) is 0 Å². The number of H-pyrrole nitrogens is 1. The zero-order valence-electron chi connectivity index (χ0n) is 11.7. The van der Waals surface area contributed by atoms with Crippen molar-refractivity contribution in [1.29, 1.82) is 0 Å². The summed E-state index contributed by atoms with van der Waals surface area (Å²) in [6.07, 6.45) is 0. The molecule has 13 nitrogen and oxygen atoms in total. The highest BCUT2D eigenvalue weighted by Gasteiger charge is 2.21. The van der Waals surface area contributed by atoms with E-state index in [2.05, 4.69) is 20.2 Å². The molecule has 0 atom stereocenters. The third-order valence-electron chi connectivity index (χ3n) is 3.07. The lowest BCUT2D eigenvalue weighted by Gasteiger charge is -2.07. The molecule has 0 bridgehead atoms. The second-order valence-corrected chi connectivity index (χ2v) is 4.62. The van der Waals surface area contributed by atoms with Gasteiger partial charge < -0.3 is 34.4 Å². The van der Waals surface area contributed by atoms with E-state index in [1.54, 1.807) is 0 Å². The quantitative estimate of drug-likeness (QED) is 0.265. The summed E-state index contributed by atoms with van der Waals surface area (Å²) in [5.74, 6) is -0.0531. The standard InChI is InChI=1S/C10H14N12O/c11-2-1-3(23)21(19-2)5-8(15)20-22(9(5)16)10-17-6(13)4(12)7(14)18-10/h1,19H,11-12,16H2,(H2,15,20)(H4,13,14,17,18). The SMILES string of the molecule is Nc1cc(=O)n(-c2c(N)nn(-c3nc(N)c(N)c(N)n3)c2N)[nH]1. The number of nitrogens with two attached hydrogens (primary N) is 6. The molecule has 13 N–H and O–H groups in total. The van der Waals surface area contributed by atoms with Crippen molar-refractivity contribution in [2.75, 3.05) is 34.4 Å². The van der Waals surface area contributed by atoms with E-state index in [1.807, 2.05) is 0 Å². The Morgan fingerprint density at radius 1 is 0.957 bits per heavy atom. The monoisotopic (exact) mass is 318 g/mol. The molecular weight excluding hydrogens is 304 g/mol. The van der Waals surface area contributed by atoms with Crippen LogP contribution in [0.2, 0.25) is 0 Å². The maximum Gasteiger partial charge on any atom is 0.273 e. The van der Waals surface area contributed by atoms with E-state index in [1.165, 1.54) is 6.07 Å². The van der Waals surface area contributed by atoms with Gasteiger partial charge in [-0.2, -0.15) is 14.6 Å². The van der Waals surface area contributed by atoms with Crippen molar-refractivity contribution in [3.63, 3.8) is 0 Å². The number of hydrogen-bond donors (Lipinski definition) is 7. The topological polar surface area (TPSA) is 238 Å². The summed E-state index contributed by atoms with van der Waals surface area (Å²) in [5.41, 5.74) is 33.9. The molecule has 3 aromatic heterocycles. The van der Waals surface area contributed by atoms with Gasteiger partial charge in [0.1, 0.15) is 11.5 Å². The second kappa shape index (κ2) is 4.55. The van der Waals surface area contributed by atoms with Gasteiger partial charge in [0.2, 0.25) is 0 Å². The van der Waals surface area contributed by atoms with Gasteiger partial charge in [0.05, 0.1) is 0 Å². The van der Waals surface area contributed by atoms with Crippen LogP contribution < -0.4 is 40.0 Å². The fourth-order valence-electron chi connectivity index (χ4n) is 1.99. The molecule has 0 radical (unpaired) electrons. The third kappa shape index (κ3) is 2.03. The van der Waals surface area contributed by atoms with Gasteiger partial charge in [0.15, 0.2) is 29.0 Å². The Bertz CT molecular complexity index is 940. The Balaban J connectivity index is 2.23. The number of hydrogen-bond acceptors (Lipinski definition) is 10. The summed E-state index contributed by atoms with van der Waals surface area (Å²) in [7, 11) is 0. The number of rotatable bonds is 2. The van der Waals surface area contributed by atoms with Gasteiger partial charge in [-0.25, -0.2) is 4.68 Å². The molecule has 0 saturated carbocycles. The maximum atomic E-state index is 11.9. The van der Waals surface area contributed by atoms with Crippen LogP contribution in [0.4, 0.5) is 34.8 Å². The Kier molecular flexibility index (Phi) is 2.78. The molecule has 0 amide bonds. The molecular formula is C10H14N12O. The minimum absolute atomic E-state index is 0.0185. The molecule has 0 aliphatic rings. The van der Waals surface area contributed by atoms with E-state index < -0.39 is 5.56 Å². The summed E-state index contributed by atoms with van der Waals surface area (Å²) in [6, 6.07) is 1.17. The van der Waals surface area contributed by atoms with E-state index in [4.69, 9.17) is 34.4 Å². The molecule has 3 rings (SSSR count). The minimum atomic E-state index is -0.460. The predicted octanol–water partition coefficient (Wildman–Crippen LogP) is -2.37. The van der Waals surface area contributed by atoms with Gasteiger partial charge in [-0.15, -0.1) is 5.10 Å². The summed E-state index contributed by atoms with van der Waals surface area (Å²) in [5, 5.41) is 6.59. The molecule has 0 saturated heterocycles. The van der Waals surface area contributed by atoms with Crippen LogP contribution in [0.15, 0.2) is 10.9 Å². The van der Waals surface area contributed by atoms with E-state index in [0.717, 1.165) is 9.36 Å². The normalized spacial score (nSPS) is 11.0. The van der Waals surface area contributed by atoms with E-state index >= 15 is 0 Å². The summed E-state index contributed by atoms with van der Waals surface area (Å²) in [4.78, 5) is 19.7. The zero-order chi connectivity index (χ0) is 16.9. The summed E-state index contributed by atoms with van der Waals surface area (Å²) >= 11 is 0. The average molecular weight is 318 g/mol. The Labute approximate surface area is 127 Å². The van der Waals surface area contributed by atoms with Gasteiger partial charge in [0.25, 0.3) is 11.5 Å². The molecule has 0 spiro atoms. The Morgan fingerprint density at radius 2 is 1.57 bits per heavy atom. The molecule has 0 aliphatic carbocycles. The lowest BCUT2D eigenvalue weighted by atomic mass is 10.4. The summed E-state index contributed by atoms with van der Waals surface area (Å²) in [6.45, 7) is 0. The van der Waals surface area contributed by atoms with E-state index in [0.29, 0.717) is 0 Å². The molecule has 3 aromatic rings. The summed E-state index contributed by atoms with van der Waals surface area (Å²) < 4.78 is 2.13. The first-order valence-electron chi connectivity index (χ1n) is 6.20. The number of aromatic nitrogens is 6. The number of anilines is 6. The Morgan fingerprint density at radius 3 is 2.09 bits per heavy atom. The molecule has 120 valence electrons. The number of nitrogens with zero attached hydrogens (tertiary/aromatic N) is 5. The highest BCUT2D eigenvalue weighted by atomic mass is 16.1. The molecule has 3 heterocycles. The smallest absolute Gasteiger partial charge is 0.273 e. The first kappa shape index (κ1) is 14.1. The highest BCUT2D eigenvalue weighted by molar-refractivity contribution is 5.73. The fraction of sp³-hybridized carbons (Fsp3) is 0. The molecule has 0 aromatic carbocycles. The first-order chi connectivity index (χ1) is 10.8. The molecule has 0 aliphatic heterocycles. The van der Waals surface area contributed by atoms with Crippen LogP contribution in [0.25, 0.3) is 11.6 Å². The highest BCUT2D eigenvalue weighted by Crippen LogP contribution is 2.26. The number of aromatic amines is 1. The van der Waals surface area contributed by atoms with Crippen molar-refractivity contribution in [1.82, 2.24) is 29.5 Å². The lowest BCUT2D eigenvalue weighted by Crippen LogP contribution is -2.16. The van der Waals surface area contributed by atoms with Crippen molar-refractivity contribution in [3.05, 3.63) is 16.4 Å². The van der Waals surface area contributed by atoms with Crippen molar-refractivity contribution in [3.8, 4) is 11.6 Å². The molecule has 0 unspecified atom stereocenters. The number of nitrogens with one attached hydrogen (secondary N) is 1. The van der Waals surface area contributed by atoms with Gasteiger partial charge in [-0.05, 0) is 0 Å². The van der Waals surface area contributed by atoms with Crippen LogP contribution in [-0.2, 0) is 0 Å². The first-order valence-corrected chi connectivity index (χ1v) is 6.20. The molecule has 0 fully saturated rings. The zero-order valence-corrected chi connectivity index (χ0v) is 11.7. The van der Waals surface area contributed by atoms with E-state index in [-0.39, 0.29) is 46.4 Å². The Hall–Kier alpha value is -3.90. The minimum Gasteiger partial charge on any atom is -0.393 e. The lowest BCUT2D eigenvalue weighted by molar-refractivity contribution is 0.823. The number of nitrogen functional groups attached to an aromatic ring is 6. The van der Waals surface area contributed by atoms with Crippen molar-refractivity contribution < 1.29 is 0 Å².